The summed E-state index contributed by atoms with van der Waals surface area (Å²) in [5, 5.41) is 0.531. The maximum atomic E-state index is 12.4. The fourth-order valence-corrected chi connectivity index (χ4v) is 3.60. The van der Waals surface area contributed by atoms with E-state index in [-0.39, 0.29) is 0 Å². The van der Waals surface area contributed by atoms with Crippen LogP contribution in [0.25, 0.3) is 0 Å². The Balaban J connectivity index is 2.30. The van der Waals surface area contributed by atoms with Crippen LogP contribution in [0, 0.1) is 0 Å². The Morgan fingerprint density at radius 3 is 2.70 bits per heavy atom. The number of anilines is 1. The van der Waals surface area contributed by atoms with E-state index in [2.05, 4.69) is 15.9 Å². The molecule has 0 aliphatic carbocycles. The second-order valence-electron chi connectivity index (χ2n) is 4.13. The summed E-state index contributed by atoms with van der Waals surface area (Å²) in [6.07, 6.45) is 0. The first-order valence-corrected chi connectivity index (χ1v) is 8.26. The van der Waals surface area contributed by atoms with E-state index in [9.17, 15) is 4.21 Å². The Kier molecular flexibility index (Phi) is 5.07. The number of ether oxygens (including phenoxy) is 1. The molecular weight excluding hydrogens is 362 g/mol. The zero-order valence-electron chi connectivity index (χ0n) is 10.7. The molecule has 0 saturated heterocycles. The maximum absolute atomic E-state index is 12.4. The number of methoxy groups -OCH3 is 1. The van der Waals surface area contributed by atoms with Gasteiger partial charge in [0, 0.05) is 20.7 Å². The van der Waals surface area contributed by atoms with Gasteiger partial charge in [-0.3, -0.25) is 4.21 Å². The fourth-order valence-electron chi connectivity index (χ4n) is 1.81. The number of nitrogens with two attached hydrogens (primary N) is 1. The summed E-state index contributed by atoms with van der Waals surface area (Å²) in [6.45, 7) is 0. The van der Waals surface area contributed by atoms with Gasteiger partial charge in [0.2, 0.25) is 0 Å². The van der Waals surface area contributed by atoms with Gasteiger partial charge in [0.25, 0.3) is 0 Å². The minimum atomic E-state index is -1.26. The van der Waals surface area contributed by atoms with Crippen LogP contribution < -0.4 is 10.5 Å². The molecule has 106 valence electrons. The fraction of sp³-hybridized carbons (Fsp3) is 0.143. The molecule has 1 atom stereocenters. The Labute approximate surface area is 133 Å². The van der Waals surface area contributed by atoms with Crippen molar-refractivity contribution in [1.29, 1.82) is 0 Å². The summed E-state index contributed by atoms with van der Waals surface area (Å²) in [5.74, 6) is 1.03. The van der Waals surface area contributed by atoms with E-state index in [4.69, 9.17) is 22.1 Å². The van der Waals surface area contributed by atoms with E-state index in [0.717, 1.165) is 10.0 Å². The summed E-state index contributed by atoms with van der Waals surface area (Å²) in [4.78, 5) is 0.580. The molecule has 0 aliphatic heterocycles. The molecule has 20 heavy (non-hydrogen) atoms. The van der Waals surface area contributed by atoms with Crippen molar-refractivity contribution < 1.29 is 8.95 Å². The van der Waals surface area contributed by atoms with Crippen LogP contribution >= 0.6 is 27.5 Å². The lowest BCUT2D eigenvalue weighted by molar-refractivity contribution is 0.411. The molecule has 0 radical (unpaired) electrons. The third-order valence-electron chi connectivity index (χ3n) is 2.75. The minimum Gasteiger partial charge on any atom is -0.496 e. The Bertz CT molecular complexity index is 664. The molecule has 1 unspecified atom stereocenters. The SMILES string of the molecule is COc1ccc(Br)cc1CS(=O)c1ccc(Cl)cc1N. The van der Waals surface area contributed by atoms with Crippen LogP contribution in [0.4, 0.5) is 5.69 Å². The summed E-state index contributed by atoms with van der Waals surface area (Å²) in [6, 6.07) is 10.6. The van der Waals surface area contributed by atoms with Gasteiger partial charge >= 0.3 is 0 Å². The Morgan fingerprint density at radius 2 is 2.05 bits per heavy atom. The molecule has 0 aromatic heterocycles. The standard InChI is InChI=1S/C14H13BrClNO2S/c1-19-13-4-2-10(15)6-9(13)8-20(18)14-5-3-11(16)7-12(14)17/h2-7H,8,17H2,1H3. The van der Waals surface area contributed by atoms with Gasteiger partial charge in [-0.2, -0.15) is 0 Å². The van der Waals surface area contributed by atoms with Crippen LogP contribution in [-0.4, -0.2) is 11.3 Å². The van der Waals surface area contributed by atoms with Crippen molar-refractivity contribution in [3.05, 3.63) is 51.5 Å². The first-order chi connectivity index (χ1) is 9.51. The molecule has 0 aliphatic rings. The molecule has 0 bridgehead atoms. The number of nitrogen functional groups attached to an aromatic ring is 1. The Hall–Kier alpha value is -1.04. The van der Waals surface area contributed by atoms with E-state index in [1.54, 1.807) is 25.3 Å². The van der Waals surface area contributed by atoms with E-state index in [1.165, 1.54) is 0 Å². The maximum Gasteiger partial charge on any atom is 0.123 e. The van der Waals surface area contributed by atoms with Crippen LogP contribution in [0.3, 0.4) is 0 Å². The second-order valence-corrected chi connectivity index (χ2v) is 6.90. The van der Waals surface area contributed by atoms with Gasteiger partial charge in [0.1, 0.15) is 5.75 Å². The quantitative estimate of drug-likeness (QED) is 0.823. The highest BCUT2D eigenvalue weighted by Gasteiger charge is 2.13. The highest BCUT2D eigenvalue weighted by molar-refractivity contribution is 9.10. The zero-order valence-corrected chi connectivity index (χ0v) is 13.9. The summed E-state index contributed by atoms with van der Waals surface area (Å²) < 4.78 is 18.6. The molecule has 0 heterocycles. The van der Waals surface area contributed by atoms with Crippen molar-refractivity contribution in [2.45, 2.75) is 10.6 Å². The monoisotopic (exact) mass is 373 g/mol. The smallest absolute Gasteiger partial charge is 0.123 e. The molecule has 2 rings (SSSR count). The zero-order chi connectivity index (χ0) is 14.7. The van der Waals surface area contributed by atoms with Crippen molar-refractivity contribution in [3.63, 3.8) is 0 Å². The number of rotatable bonds is 4. The van der Waals surface area contributed by atoms with Gasteiger partial charge in [-0.25, -0.2) is 0 Å². The van der Waals surface area contributed by atoms with Crippen molar-refractivity contribution in [2.75, 3.05) is 12.8 Å². The lowest BCUT2D eigenvalue weighted by Gasteiger charge is -2.10. The number of benzene rings is 2. The van der Waals surface area contributed by atoms with Gasteiger partial charge in [-0.1, -0.05) is 27.5 Å². The van der Waals surface area contributed by atoms with E-state index < -0.39 is 10.8 Å². The molecule has 2 aromatic carbocycles. The summed E-state index contributed by atoms with van der Waals surface area (Å²) in [5.41, 5.74) is 7.15. The topological polar surface area (TPSA) is 52.3 Å². The van der Waals surface area contributed by atoms with E-state index in [1.807, 2.05) is 18.2 Å². The molecular formula is C14H13BrClNO2S. The van der Waals surface area contributed by atoms with Gasteiger partial charge in [-0.15, -0.1) is 0 Å². The highest BCUT2D eigenvalue weighted by Crippen LogP contribution is 2.28. The molecule has 2 N–H and O–H groups in total. The van der Waals surface area contributed by atoms with Crippen LogP contribution in [0.5, 0.6) is 5.75 Å². The third kappa shape index (κ3) is 3.53. The predicted molar refractivity (Wildman–Crippen MR) is 86.7 cm³/mol. The lowest BCUT2D eigenvalue weighted by Crippen LogP contribution is -2.02. The normalized spacial score (nSPS) is 12.2. The van der Waals surface area contributed by atoms with Gasteiger partial charge in [0.05, 0.1) is 28.6 Å². The Morgan fingerprint density at radius 1 is 1.30 bits per heavy atom. The van der Waals surface area contributed by atoms with E-state index >= 15 is 0 Å². The van der Waals surface area contributed by atoms with Crippen molar-refractivity contribution in [3.8, 4) is 5.75 Å². The van der Waals surface area contributed by atoms with Crippen LogP contribution in [0.15, 0.2) is 45.8 Å². The average Bonchev–Trinajstić information content (AvgIpc) is 2.38. The molecule has 0 fully saturated rings. The van der Waals surface area contributed by atoms with Crippen LogP contribution in [0.1, 0.15) is 5.56 Å². The molecule has 0 amide bonds. The number of hydrogen-bond donors (Lipinski definition) is 1. The molecule has 2 aromatic rings. The lowest BCUT2D eigenvalue weighted by atomic mass is 10.2. The predicted octanol–water partition coefficient (Wildman–Crippen LogP) is 4.00. The van der Waals surface area contributed by atoms with Crippen LogP contribution in [0.2, 0.25) is 5.02 Å². The molecule has 0 spiro atoms. The number of halogens is 2. The van der Waals surface area contributed by atoms with Gasteiger partial charge < -0.3 is 10.5 Å². The first-order valence-electron chi connectivity index (χ1n) is 5.77. The largest absolute Gasteiger partial charge is 0.496 e. The van der Waals surface area contributed by atoms with Crippen molar-refractivity contribution in [2.24, 2.45) is 0 Å². The van der Waals surface area contributed by atoms with Gasteiger partial charge in [-0.05, 0) is 36.4 Å². The van der Waals surface area contributed by atoms with Crippen molar-refractivity contribution >= 4 is 44.0 Å². The highest BCUT2D eigenvalue weighted by atomic mass is 79.9. The third-order valence-corrected chi connectivity index (χ3v) is 4.91. The summed E-state index contributed by atoms with van der Waals surface area (Å²) in [7, 11) is 0.331. The summed E-state index contributed by atoms with van der Waals surface area (Å²) >= 11 is 9.24. The van der Waals surface area contributed by atoms with Crippen molar-refractivity contribution in [1.82, 2.24) is 0 Å². The second kappa shape index (κ2) is 6.61. The molecule has 6 heteroatoms. The van der Waals surface area contributed by atoms with Crippen LogP contribution in [-0.2, 0) is 16.6 Å². The number of hydrogen-bond acceptors (Lipinski definition) is 3. The van der Waals surface area contributed by atoms with E-state index in [0.29, 0.717) is 27.1 Å². The molecule has 3 nitrogen and oxygen atoms in total. The minimum absolute atomic E-state index is 0.328. The first kappa shape index (κ1) is 15.4. The average molecular weight is 375 g/mol. The molecule has 0 saturated carbocycles. The van der Waals surface area contributed by atoms with Gasteiger partial charge in [0.15, 0.2) is 0 Å².